The van der Waals surface area contributed by atoms with Gasteiger partial charge in [-0.15, -0.1) is 23.2 Å². The highest BCUT2D eigenvalue weighted by molar-refractivity contribution is 6.18. The van der Waals surface area contributed by atoms with Crippen molar-refractivity contribution in [3.8, 4) is 0 Å². The first-order chi connectivity index (χ1) is 16.3. The first-order valence-corrected chi connectivity index (χ1v) is 11.8. The third-order valence-corrected chi connectivity index (χ3v) is 5.28. The molecule has 0 radical (unpaired) electrons. The lowest BCUT2D eigenvalue weighted by Gasteiger charge is -2.23. The van der Waals surface area contributed by atoms with Gasteiger partial charge < -0.3 is 20.7 Å². The summed E-state index contributed by atoms with van der Waals surface area (Å²) in [5.74, 6) is -0.702. The molecule has 0 aliphatic heterocycles. The smallest absolute Gasteiger partial charge is 0.328 e. The number of amides is 1. The van der Waals surface area contributed by atoms with E-state index < -0.39 is 29.8 Å². The number of carbonyl (C=O) groups is 2. The van der Waals surface area contributed by atoms with Crippen molar-refractivity contribution in [1.82, 2.24) is 5.32 Å². The molecule has 0 fully saturated rings. The van der Waals surface area contributed by atoms with Gasteiger partial charge in [-0.3, -0.25) is 4.79 Å². The second kappa shape index (κ2) is 14.0. The number of anilines is 1. The van der Waals surface area contributed by atoms with Crippen molar-refractivity contribution in [2.45, 2.75) is 31.8 Å². The van der Waals surface area contributed by atoms with Crippen molar-refractivity contribution in [3.63, 3.8) is 0 Å². The molecule has 2 unspecified atom stereocenters. The summed E-state index contributed by atoms with van der Waals surface area (Å²) in [5.41, 5.74) is 8.18. The second-order valence-electron chi connectivity index (χ2n) is 7.40. The zero-order valence-electron chi connectivity index (χ0n) is 19.5. The lowest BCUT2D eigenvalue weighted by atomic mass is 10.0. The second-order valence-corrected chi connectivity index (χ2v) is 8.16. The van der Waals surface area contributed by atoms with Gasteiger partial charge in [0.25, 0.3) is 0 Å². The van der Waals surface area contributed by atoms with Crippen LogP contribution >= 0.6 is 23.2 Å². The number of hydrogen-bond acceptors (Lipinski definition) is 5. The average molecular weight is 499 g/mol. The molecule has 2 aromatic carbocycles. The SMILES string of the molecule is [2H]c1cc(CC(N)C(=O)NC(Cc2ccc(F)cc2)C(=O)OCC)ccc1N(CCCl)CCCl. The molecule has 0 aromatic heterocycles. The number of hydrogen-bond donors (Lipinski definition) is 2. The molecule has 180 valence electrons. The molecular formula is C24H30Cl2FN3O3. The van der Waals surface area contributed by atoms with Gasteiger partial charge in [0.1, 0.15) is 11.9 Å². The predicted molar refractivity (Wildman–Crippen MR) is 130 cm³/mol. The van der Waals surface area contributed by atoms with Crippen LogP contribution in [0.1, 0.15) is 19.4 Å². The zero-order valence-corrected chi connectivity index (χ0v) is 20.0. The van der Waals surface area contributed by atoms with Gasteiger partial charge in [-0.2, -0.15) is 0 Å². The van der Waals surface area contributed by atoms with E-state index in [0.29, 0.717) is 41.7 Å². The Hall–Kier alpha value is -2.35. The average Bonchev–Trinajstić information content (AvgIpc) is 2.80. The largest absolute Gasteiger partial charge is 0.464 e. The number of nitrogens with one attached hydrogen (secondary N) is 1. The van der Waals surface area contributed by atoms with E-state index in [1.165, 1.54) is 12.1 Å². The monoisotopic (exact) mass is 498 g/mol. The molecule has 0 heterocycles. The van der Waals surface area contributed by atoms with Crippen molar-refractivity contribution in [3.05, 3.63) is 65.5 Å². The van der Waals surface area contributed by atoms with Crippen LogP contribution in [0.3, 0.4) is 0 Å². The lowest BCUT2D eigenvalue weighted by Crippen LogP contribution is -2.50. The summed E-state index contributed by atoms with van der Waals surface area (Å²) in [6.07, 6.45) is 0.315. The summed E-state index contributed by atoms with van der Waals surface area (Å²) in [4.78, 5) is 27.1. The Morgan fingerprint density at radius 2 is 1.70 bits per heavy atom. The minimum absolute atomic E-state index is 0.139. The Kier molecular flexibility index (Phi) is 10.7. The van der Waals surface area contributed by atoms with Gasteiger partial charge in [0.15, 0.2) is 0 Å². The fourth-order valence-corrected chi connectivity index (χ4v) is 3.66. The standard InChI is InChI=1S/C24H30Cl2FN3O3/c1-2-33-24(32)22(16-18-3-7-19(27)8-4-18)29-23(31)21(28)15-17-5-9-20(10-6-17)30(13-11-25)14-12-26/h3-10,21-22H,2,11-16,28H2,1H3,(H,29,31)/i9D. The van der Waals surface area contributed by atoms with Crippen LogP contribution in [-0.2, 0) is 27.2 Å². The molecule has 2 aromatic rings. The number of carbonyl (C=O) groups excluding carboxylic acids is 2. The molecule has 0 bridgehead atoms. The topological polar surface area (TPSA) is 84.7 Å². The quantitative estimate of drug-likeness (QED) is 0.327. The van der Waals surface area contributed by atoms with Crippen LogP contribution in [0.5, 0.6) is 0 Å². The predicted octanol–water partition coefficient (Wildman–Crippen LogP) is 3.27. The minimum Gasteiger partial charge on any atom is -0.464 e. The number of nitrogens with zero attached hydrogens (tertiary/aromatic N) is 1. The Bertz CT molecular complexity index is 944. The lowest BCUT2D eigenvalue weighted by molar-refractivity contribution is -0.147. The molecule has 0 aliphatic carbocycles. The van der Waals surface area contributed by atoms with Crippen LogP contribution in [0, 0.1) is 5.82 Å². The van der Waals surface area contributed by atoms with E-state index in [1.807, 2.05) is 4.90 Å². The fourth-order valence-electron chi connectivity index (χ4n) is 3.25. The van der Waals surface area contributed by atoms with Gasteiger partial charge in [-0.1, -0.05) is 24.3 Å². The van der Waals surface area contributed by atoms with Crippen molar-refractivity contribution in [1.29, 1.82) is 0 Å². The molecule has 0 aliphatic rings. The number of benzene rings is 2. The van der Waals surface area contributed by atoms with Crippen molar-refractivity contribution < 1.29 is 20.1 Å². The number of halogens is 3. The van der Waals surface area contributed by atoms with E-state index in [4.69, 9.17) is 35.0 Å². The molecule has 6 nitrogen and oxygen atoms in total. The summed E-state index contributed by atoms with van der Waals surface area (Å²) >= 11 is 11.7. The highest BCUT2D eigenvalue weighted by atomic mass is 35.5. The number of esters is 1. The van der Waals surface area contributed by atoms with Crippen LogP contribution in [0.4, 0.5) is 10.1 Å². The molecule has 0 saturated heterocycles. The van der Waals surface area contributed by atoms with Crippen molar-refractivity contribution >= 4 is 40.8 Å². The van der Waals surface area contributed by atoms with Crippen molar-refractivity contribution in [2.24, 2.45) is 5.73 Å². The number of nitrogens with two attached hydrogens (primary N) is 1. The van der Waals surface area contributed by atoms with E-state index in [-0.39, 0.29) is 25.5 Å². The Labute approximate surface area is 205 Å². The van der Waals surface area contributed by atoms with Crippen molar-refractivity contribution in [2.75, 3.05) is 36.4 Å². The minimum atomic E-state index is -0.960. The maximum Gasteiger partial charge on any atom is 0.328 e. The van der Waals surface area contributed by atoms with Gasteiger partial charge in [0, 0.05) is 37.0 Å². The molecule has 3 N–H and O–H groups in total. The van der Waals surface area contributed by atoms with Gasteiger partial charge in [0.05, 0.1) is 14.0 Å². The third kappa shape index (κ3) is 8.84. The normalized spacial score (nSPS) is 13.1. The molecule has 9 heteroatoms. The highest BCUT2D eigenvalue weighted by Gasteiger charge is 2.25. The van der Waals surface area contributed by atoms with E-state index in [9.17, 15) is 14.0 Å². The van der Waals surface area contributed by atoms with Crippen LogP contribution in [0.2, 0.25) is 0 Å². The highest BCUT2D eigenvalue weighted by Crippen LogP contribution is 2.16. The maximum atomic E-state index is 13.2. The number of ether oxygens (including phenoxy) is 1. The number of rotatable bonds is 13. The number of alkyl halides is 2. The van der Waals surface area contributed by atoms with E-state index in [1.54, 1.807) is 37.3 Å². The molecular weight excluding hydrogens is 468 g/mol. The van der Waals surface area contributed by atoms with Crippen LogP contribution in [0.25, 0.3) is 0 Å². The van der Waals surface area contributed by atoms with Gasteiger partial charge in [-0.25, -0.2) is 9.18 Å². The maximum absolute atomic E-state index is 13.2. The van der Waals surface area contributed by atoms with Crippen LogP contribution in [0.15, 0.2) is 48.5 Å². The first kappa shape index (κ1) is 25.3. The summed E-state index contributed by atoms with van der Waals surface area (Å²) in [6, 6.07) is 9.28. The summed E-state index contributed by atoms with van der Waals surface area (Å²) in [6.45, 7) is 2.95. The Morgan fingerprint density at radius 1 is 1.09 bits per heavy atom. The third-order valence-electron chi connectivity index (χ3n) is 4.94. The van der Waals surface area contributed by atoms with Gasteiger partial charge in [-0.05, 0) is 48.7 Å². The summed E-state index contributed by atoms with van der Waals surface area (Å²) < 4.78 is 26.6. The summed E-state index contributed by atoms with van der Waals surface area (Å²) in [5, 5.41) is 2.65. The Morgan fingerprint density at radius 3 is 2.27 bits per heavy atom. The molecule has 0 spiro atoms. The Balaban J connectivity index is 2.07. The van der Waals surface area contributed by atoms with E-state index in [2.05, 4.69) is 5.32 Å². The first-order valence-electron chi connectivity index (χ1n) is 11.2. The van der Waals surface area contributed by atoms with Crippen LogP contribution in [-0.4, -0.2) is 55.4 Å². The van der Waals surface area contributed by atoms with E-state index >= 15 is 0 Å². The summed E-state index contributed by atoms with van der Waals surface area (Å²) in [7, 11) is 0. The van der Waals surface area contributed by atoms with Gasteiger partial charge in [0.2, 0.25) is 5.91 Å². The van der Waals surface area contributed by atoms with E-state index in [0.717, 1.165) is 0 Å². The van der Waals surface area contributed by atoms with Crippen LogP contribution < -0.4 is 16.0 Å². The fraction of sp³-hybridized carbons (Fsp3) is 0.417. The van der Waals surface area contributed by atoms with Gasteiger partial charge >= 0.3 is 5.97 Å². The molecule has 2 atom stereocenters. The molecule has 2 rings (SSSR count). The zero-order chi connectivity index (χ0) is 25.1. The molecule has 0 saturated carbocycles. The molecule has 1 amide bonds. The molecule has 33 heavy (non-hydrogen) atoms.